The van der Waals surface area contributed by atoms with E-state index in [4.69, 9.17) is 9.72 Å². The molecule has 6 heteroatoms. The number of amides is 1. The smallest absolute Gasteiger partial charge is 0.234 e. The van der Waals surface area contributed by atoms with Gasteiger partial charge in [0.05, 0.1) is 23.7 Å². The Labute approximate surface area is 221 Å². The number of nitrogens with one attached hydrogen (secondary N) is 1. The van der Waals surface area contributed by atoms with Gasteiger partial charge in [-0.1, -0.05) is 90.6 Å². The van der Waals surface area contributed by atoms with Gasteiger partial charge >= 0.3 is 0 Å². The molecule has 184 valence electrons. The Hall–Kier alpha value is -4.29. The van der Waals surface area contributed by atoms with E-state index in [0.717, 1.165) is 44.8 Å². The minimum Gasteiger partial charge on any atom is -0.494 e. The van der Waals surface area contributed by atoms with Crippen LogP contribution in [-0.2, 0) is 4.79 Å². The summed E-state index contributed by atoms with van der Waals surface area (Å²) >= 11 is 1.42. The van der Waals surface area contributed by atoms with E-state index >= 15 is 0 Å². The molecule has 0 fully saturated rings. The number of nitrogens with zero attached hydrogens (tertiary/aromatic N) is 2. The van der Waals surface area contributed by atoms with Gasteiger partial charge in [0.2, 0.25) is 5.91 Å². The van der Waals surface area contributed by atoms with Crippen molar-refractivity contribution < 1.29 is 9.53 Å². The minimum absolute atomic E-state index is 0.0979. The summed E-state index contributed by atoms with van der Waals surface area (Å²) in [5.41, 5.74) is 5.68. The first-order valence-electron chi connectivity index (χ1n) is 12.2. The van der Waals surface area contributed by atoms with Crippen LogP contribution in [0.4, 0.5) is 5.69 Å². The quantitative estimate of drug-likeness (QED) is 0.213. The Kier molecular flexibility index (Phi) is 7.67. The van der Waals surface area contributed by atoms with Crippen molar-refractivity contribution in [1.29, 1.82) is 0 Å². The molecule has 1 heterocycles. The number of rotatable bonds is 9. The first-order chi connectivity index (χ1) is 18.2. The van der Waals surface area contributed by atoms with E-state index in [1.807, 2.05) is 85.8 Å². The summed E-state index contributed by atoms with van der Waals surface area (Å²) in [6.45, 7) is 2.55. The number of ether oxygens (including phenoxy) is 1. The minimum atomic E-state index is -0.0979. The number of benzene rings is 4. The van der Waals surface area contributed by atoms with Crippen LogP contribution in [0.3, 0.4) is 0 Å². The summed E-state index contributed by atoms with van der Waals surface area (Å²) in [6, 6.07) is 38.0. The van der Waals surface area contributed by atoms with Crippen LogP contribution in [0.5, 0.6) is 5.75 Å². The van der Waals surface area contributed by atoms with Gasteiger partial charge in [0.1, 0.15) is 5.75 Å². The Bertz CT molecular complexity index is 1450. The van der Waals surface area contributed by atoms with E-state index in [1.54, 1.807) is 0 Å². The fourth-order valence-corrected chi connectivity index (χ4v) is 4.92. The normalized spacial score (nSPS) is 10.7. The van der Waals surface area contributed by atoms with E-state index in [0.29, 0.717) is 6.61 Å². The number of imidazole rings is 1. The lowest BCUT2D eigenvalue weighted by Gasteiger charge is -2.13. The van der Waals surface area contributed by atoms with Gasteiger partial charge < -0.3 is 10.1 Å². The molecular weight excluding hydrogens is 478 g/mol. The summed E-state index contributed by atoms with van der Waals surface area (Å²) in [5.74, 6) is 0.903. The van der Waals surface area contributed by atoms with Gasteiger partial charge in [0.15, 0.2) is 5.16 Å². The number of carbonyl (C=O) groups is 1. The number of carbonyl (C=O) groups excluding carboxylic acids is 1. The van der Waals surface area contributed by atoms with Crippen LogP contribution in [0, 0.1) is 0 Å². The summed E-state index contributed by atoms with van der Waals surface area (Å²) in [4.78, 5) is 17.9. The molecule has 5 nitrogen and oxygen atoms in total. The first-order valence-corrected chi connectivity index (χ1v) is 13.2. The monoisotopic (exact) mass is 505 g/mol. The molecule has 0 aliphatic heterocycles. The molecule has 1 N–H and O–H groups in total. The van der Waals surface area contributed by atoms with Crippen molar-refractivity contribution in [2.24, 2.45) is 0 Å². The Balaban J connectivity index is 1.49. The highest BCUT2D eigenvalue weighted by Gasteiger charge is 2.22. The lowest BCUT2D eigenvalue weighted by molar-refractivity contribution is -0.113. The number of thioether (sulfide) groups is 1. The summed E-state index contributed by atoms with van der Waals surface area (Å²) in [7, 11) is 0. The average Bonchev–Trinajstić information content (AvgIpc) is 3.34. The standard InChI is InChI=1S/C31H27N3O2S/c1-2-36-27-20-18-25(19-21-27)32-28(35)22-37-31-33-29(23-12-6-3-7-13-23)30(24-14-8-4-9-15-24)34(31)26-16-10-5-11-17-26/h3-21H,2,22H2,1H3,(H,32,35). The average molecular weight is 506 g/mol. The maximum atomic E-state index is 12.9. The van der Waals surface area contributed by atoms with Crippen molar-refractivity contribution in [3.05, 3.63) is 115 Å². The summed E-state index contributed by atoms with van der Waals surface area (Å²) in [6.07, 6.45) is 0. The van der Waals surface area contributed by atoms with Gasteiger partial charge in [-0.15, -0.1) is 0 Å². The third-order valence-corrected chi connectivity index (χ3v) is 6.68. The fraction of sp³-hybridized carbons (Fsp3) is 0.0968. The van der Waals surface area contributed by atoms with E-state index in [-0.39, 0.29) is 11.7 Å². The van der Waals surface area contributed by atoms with Gasteiger partial charge in [-0.2, -0.15) is 0 Å². The Morgan fingerprint density at radius 3 is 2.03 bits per heavy atom. The Morgan fingerprint density at radius 1 is 0.811 bits per heavy atom. The molecule has 1 amide bonds. The highest BCUT2D eigenvalue weighted by molar-refractivity contribution is 7.99. The summed E-state index contributed by atoms with van der Waals surface area (Å²) < 4.78 is 7.63. The highest BCUT2D eigenvalue weighted by Crippen LogP contribution is 2.38. The largest absolute Gasteiger partial charge is 0.494 e. The molecule has 5 rings (SSSR count). The zero-order valence-electron chi connectivity index (χ0n) is 20.5. The molecule has 0 radical (unpaired) electrons. The van der Waals surface area contributed by atoms with Crippen LogP contribution in [0.2, 0.25) is 0 Å². The van der Waals surface area contributed by atoms with Crippen LogP contribution < -0.4 is 10.1 Å². The number of para-hydroxylation sites is 1. The molecule has 37 heavy (non-hydrogen) atoms. The SMILES string of the molecule is CCOc1ccc(NC(=O)CSc2nc(-c3ccccc3)c(-c3ccccc3)n2-c2ccccc2)cc1. The fourth-order valence-electron chi connectivity index (χ4n) is 4.10. The molecule has 0 aliphatic carbocycles. The van der Waals surface area contributed by atoms with E-state index in [2.05, 4.69) is 46.3 Å². The van der Waals surface area contributed by atoms with Crippen molar-refractivity contribution >= 4 is 23.4 Å². The molecular formula is C31H27N3O2S. The number of anilines is 1. The van der Waals surface area contributed by atoms with Gasteiger partial charge in [-0.25, -0.2) is 4.98 Å². The topological polar surface area (TPSA) is 56.1 Å². The van der Waals surface area contributed by atoms with Crippen molar-refractivity contribution in [3.8, 4) is 34.0 Å². The molecule has 4 aromatic carbocycles. The molecule has 1 aromatic heterocycles. The van der Waals surface area contributed by atoms with Crippen molar-refractivity contribution in [2.75, 3.05) is 17.7 Å². The zero-order chi connectivity index (χ0) is 25.5. The van der Waals surface area contributed by atoms with Gasteiger partial charge in [-0.3, -0.25) is 9.36 Å². The molecule has 0 spiro atoms. The third kappa shape index (κ3) is 5.76. The maximum absolute atomic E-state index is 12.9. The number of aromatic nitrogens is 2. The lowest BCUT2D eigenvalue weighted by atomic mass is 10.0. The first kappa shape index (κ1) is 24.4. The number of hydrogen-bond donors (Lipinski definition) is 1. The highest BCUT2D eigenvalue weighted by atomic mass is 32.2. The van der Waals surface area contributed by atoms with Crippen LogP contribution in [0.25, 0.3) is 28.2 Å². The zero-order valence-corrected chi connectivity index (χ0v) is 21.3. The van der Waals surface area contributed by atoms with Crippen LogP contribution in [-0.4, -0.2) is 27.8 Å². The predicted molar refractivity (Wildman–Crippen MR) is 151 cm³/mol. The van der Waals surface area contributed by atoms with Gasteiger partial charge in [-0.05, 0) is 43.3 Å². The molecule has 0 saturated heterocycles. The van der Waals surface area contributed by atoms with Crippen LogP contribution in [0.15, 0.2) is 120 Å². The second-order valence-corrected chi connectivity index (χ2v) is 9.23. The molecule has 0 atom stereocenters. The molecule has 5 aromatic rings. The van der Waals surface area contributed by atoms with Crippen molar-refractivity contribution in [2.45, 2.75) is 12.1 Å². The van der Waals surface area contributed by atoms with E-state index in [1.165, 1.54) is 11.8 Å². The predicted octanol–water partition coefficient (Wildman–Crippen LogP) is 7.34. The van der Waals surface area contributed by atoms with Crippen molar-refractivity contribution in [3.63, 3.8) is 0 Å². The van der Waals surface area contributed by atoms with Gasteiger partial charge in [0, 0.05) is 22.5 Å². The molecule has 0 bridgehead atoms. The second kappa shape index (κ2) is 11.6. The summed E-state index contributed by atoms with van der Waals surface area (Å²) in [5, 5.41) is 3.73. The van der Waals surface area contributed by atoms with Crippen molar-refractivity contribution in [1.82, 2.24) is 9.55 Å². The number of hydrogen-bond acceptors (Lipinski definition) is 4. The molecule has 0 saturated carbocycles. The van der Waals surface area contributed by atoms with Gasteiger partial charge in [0.25, 0.3) is 0 Å². The second-order valence-electron chi connectivity index (χ2n) is 8.29. The van der Waals surface area contributed by atoms with Crippen LogP contribution >= 0.6 is 11.8 Å². The van der Waals surface area contributed by atoms with E-state index in [9.17, 15) is 4.79 Å². The lowest BCUT2D eigenvalue weighted by Crippen LogP contribution is -2.14. The molecule has 0 unspecified atom stereocenters. The maximum Gasteiger partial charge on any atom is 0.234 e. The Morgan fingerprint density at radius 2 is 1.41 bits per heavy atom. The third-order valence-electron chi connectivity index (χ3n) is 5.74. The van der Waals surface area contributed by atoms with E-state index < -0.39 is 0 Å². The van der Waals surface area contributed by atoms with Crippen LogP contribution in [0.1, 0.15) is 6.92 Å². The molecule has 0 aliphatic rings.